The van der Waals surface area contributed by atoms with Gasteiger partial charge in [-0.15, -0.1) is 0 Å². The van der Waals surface area contributed by atoms with Crippen LogP contribution in [0.1, 0.15) is 0 Å². The van der Waals surface area contributed by atoms with Crippen molar-refractivity contribution < 1.29 is 152 Å². The minimum atomic E-state index is -2.33. The molecule has 0 heterocycles. The van der Waals surface area contributed by atoms with Crippen molar-refractivity contribution in [2.45, 2.75) is 0 Å². The zero-order valence-corrected chi connectivity index (χ0v) is 14.6. The monoisotopic (exact) mass is 223 g/mol. The summed E-state index contributed by atoms with van der Waals surface area (Å²) in [5, 5.41) is 31.4. The number of carboxylic acid groups (broad SMARTS) is 2. The van der Waals surface area contributed by atoms with E-state index < -0.39 is 11.2 Å². The second kappa shape index (κ2) is 23.0. The smallest absolute Gasteiger partial charge is 0.652 e. The van der Waals surface area contributed by atoms with Gasteiger partial charge in [-0.1, -0.05) is 0 Å². The summed E-state index contributed by atoms with van der Waals surface area (Å²) in [5.41, 5.74) is 0. The Morgan fingerprint density at radius 2 is 1.09 bits per heavy atom. The third-order valence-corrected chi connectivity index (χ3v) is 0. The molecule has 0 aromatic rings. The molecule has 48 valence electrons. The first kappa shape index (κ1) is 29.2. The van der Waals surface area contributed by atoms with Crippen LogP contribution in [0.15, 0.2) is 0 Å². The van der Waals surface area contributed by atoms with Crippen LogP contribution in [0.5, 0.6) is 0 Å². The fourth-order valence-electron chi connectivity index (χ4n) is 0. The molecule has 0 aromatic carbocycles. The Balaban J connectivity index is -0.0000000171. The Hall–Kier alpha value is 2.74. The first-order valence-corrected chi connectivity index (χ1v) is 1.16. The summed E-state index contributed by atoms with van der Waals surface area (Å²) in [7, 11) is 0. The van der Waals surface area contributed by atoms with Crippen molar-refractivity contribution in [2.75, 3.05) is 0 Å². The van der Waals surface area contributed by atoms with Crippen LogP contribution >= 0.6 is 0 Å². The average molecular weight is 223 g/mol. The second-order valence-electron chi connectivity index (χ2n) is 0.474. The predicted octanol–water partition coefficient (Wildman–Crippen LogP) is -11.7. The second-order valence-corrected chi connectivity index (χ2v) is 0.474. The Morgan fingerprint density at radius 3 is 1.09 bits per heavy atom. The molecule has 0 atom stereocenters. The molecule has 0 aliphatic rings. The van der Waals surface area contributed by atoms with Gasteiger partial charge >= 0.3 is 132 Å². The minimum Gasteiger partial charge on any atom is -0.652 e. The summed E-state index contributed by atoms with van der Waals surface area (Å²) in [6.07, 6.45) is -2.33. The van der Waals surface area contributed by atoms with Crippen LogP contribution in [0, 0.1) is 15.3 Å². The fourth-order valence-corrected chi connectivity index (χ4v) is 0. The quantitative estimate of drug-likeness (QED) is 0.228. The van der Waals surface area contributed by atoms with Gasteiger partial charge in [0.05, 0.1) is 5.09 Å². The average Bonchev–Trinajstić information content (AvgIpc) is 1.25. The molecule has 0 saturated heterocycles. The van der Waals surface area contributed by atoms with Crippen molar-refractivity contribution in [2.24, 2.45) is 0 Å². The first-order chi connectivity index (χ1) is 3.46. The Morgan fingerprint density at radius 1 is 1.09 bits per heavy atom. The number of nitrogens with zero attached hydrogens (tertiary/aromatic N) is 1. The largest absolute Gasteiger partial charge is 1.00 e. The summed E-state index contributed by atoms with van der Waals surface area (Å²) >= 11 is 0. The Bertz CT molecular complexity index is 78.6. The van der Waals surface area contributed by atoms with Gasteiger partial charge in [0.2, 0.25) is 0 Å². The van der Waals surface area contributed by atoms with E-state index in [2.05, 4.69) is 0 Å². The molecule has 0 saturated carbocycles. The summed E-state index contributed by atoms with van der Waals surface area (Å²) in [5.74, 6) is 0. The maximum absolute atomic E-state index is 8.33. The van der Waals surface area contributed by atoms with Crippen molar-refractivity contribution in [3.05, 3.63) is 15.3 Å². The summed E-state index contributed by atoms with van der Waals surface area (Å²) in [6.45, 7) is 0. The molecule has 11 heavy (non-hydrogen) atoms. The van der Waals surface area contributed by atoms with Gasteiger partial charge in [0.25, 0.3) is 0 Å². The van der Waals surface area contributed by atoms with Gasteiger partial charge < -0.3 is 30.3 Å². The van der Waals surface area contributed by atoms with Crippen molar-refractivity contribution in [3.8, 4) is 0 Å². The molecule has 0 fully saturated rings. The van der Waals surface area contributed by atoms with E-state index in [1.807, 2.05) is 0 Å². The molecular weight excluding hydrogens is 223 g/mol. The summed E-state index contributed by atoms with van der Waals surface area (Å²) in [6, 6.07) is 0. The molecule has 7 nitrogen and oxygen atoms in total. The predicted molar refractivity (Wildman–Crippen MR) is 15.8 cm³/mol. The third-order valence-electron chi connectivity index (χ3n) is 0. The molecule has 0 amide bonds. The molecule has 0 aliphatic carbocycles. The molecular formula is CK2NNaO6. The molecule has 0 spiro atoms. The molecule has 0 radical (unpaired) electrons. The van der Waals surface area contributed by atoms with Gasteiger partial charge in [0.1, 0.15) is 0 Å². The van der Waals surface area contributed by atoms with E-state index in [-0.39, 0.29) is 132 Å². The number of hydrogen-bond donors (Lipinski definition) is 0. The van der Waals surface area contributed by atoms with Gasteiger partial charge in [0.15, 0.2) is 0 Å². The third kappa shape index (κ3) is 195. The number of rotatable bonds is 0. The van der Waals surface area contributed by atoms with E-state index >= 15 is 0 Å². The molecule has 0 aliphatic heterocycles. The fraction of sp³-hybridized carbons (Fsp3) is 0. The standard InChI is InChI=1S/CH2O3.2K.NO3.Na/c2-1(3)4;;;2-1(3)4;/h(H2,2,3,4);;;;/q;2*+1;-1;+1/p-2. The van der Waals surface area contributed by atoms with Crippen molar-refractivity contribution in [1.82, 2.24) is 0 Å². The van der Waals surface area contributed by atoms with E-state index in [9.17, 15) is 0 Å². The SMILES string of the molecule is O=C([O-])[O-].O=[N+]([O-])[O-].[K+].[K+].[Na+]. The van der Waals surface area contributed by atoms with Crippen LogP contribution in [-0.2, 0) is 0 Å². The molecule has 0 aromatic heterocycles. The van der Waals surface area contributed by atoms with Gasteiger partial charge in [-0.05, 0) is 6.16 Å². The van der Waals surface area contributed by atoms with Gasteiger partial charge in [-0.25, -0.2) is 0 Å². The maximum Gasteiger partial charge on any atom is 1.00 e. The summed E-state index contributed by atoms with van der Waals surface area (Å²) in [4.78, 5) is 16.6. The van der Waals surface area contributed by atoms with Crippen LogP contribution in [0.3, 0.4) is 0 Å². The Labute approximate surface area is 169 Å². The van der Waals surface area contributed by atoms with Crippen LogP contribution < -0.4 is 143 Å². The zero-order chi connectivity index (χ0) is 7.15. The van der Waals surface area contributed by atoms with Crippen molar-refractivity contribution in [1.29, 1.82) is 0 Å². The Kier molecular flexibility index (Phi) is 61.0. The van der Waals surface area contributed by atoms with E-state index in [0.29, 0.717) is 0 Å². The van der Waals surface area contributed by atoms with Crippen molar-refractivity contribution in [3.63, 3.8) is 0 Å². The summed E-state index contributed by atoms with van der Waals surface area (Å²) < 4.78 is 0. The van der Waals surface area contributed by atoms with E-state index in [1.165, 1.54) is 0 Å². The van der Waals surface area contributed by atoms with Crippen LogP contribution in [0.2, 0.25) is 0 Å². The number of carbonyl (C=O) groups excluding carboxylic acids is 1. The van der Waals surface area contributed by atoms with E-state index in [1.54, 1.807) is 0 Å². The zero-order valence-electron chi connectivity index (χ0n) is 6.40. The minimum absolute atomic E-state index is 0. The van der Waals surface area contributed by atoms with Crippen molar-refractivity contribution >= 4 is 6.16 Å². The number of carbonyl (C=O) groups is 1. The topological polar surface area (TPSA) is 129 Å². The molecule has 0 N–H and O–H groups in total. The van der Waals surface area contributed by atoms with Gasteiger partial charge in [-0.2, -0.15) is 0 Å². The molecule has 0 unspecified atom stereocenters. The molecule has 0 rings (SSSR count). The van der Waals surface area contributed by atoms with Gasteiger partial charge in [0, 0.05) is 0 Å². The number of hydrogen-bond acceptors (Lipinski definition) is 6. The normalized spacial score (nSPS) is 4.36. The van der Waals surface area contributed by atoms with E-state index in [4.69, 9.17) is 30.3 Å². The maximum atomic E-state index is 8.33. The van der Waals surface area contributed by atoms with E-state index in [0.717, 1.165) is 0 Å². The van der Waals surface area contributed by atoms with Crippen LogP contribution in [-0.4, -0.2) is 11.2 Å². The first-order valence-electron chi connectivity index (χ1n) is 1.16. The molecule has 0 bridgehead atoms. The molecule has 10 heteroatoms. The van der Waals surface area contributed by atoms with Crippen LogP contribution in [0.4, 0.5) is 4.79 Å². The van der Waals surface area contributed by atoms with Gasteiger partial charge in [-0.3, -0.25) is 0 Å². The van der Waals surface area contributed by atoms with Crippen LogP contribution in [0.25, 0.3) is 0 Å².